The zero-order valence-electron chi connectivity index (χ0n) is 17.0. The molecule has 0 aliphatic carbocycles. The lowest BCUT2D eigenvalue weighted by atomic mass is 9.98. The lowest BCUT2D eigenvalue weighted by molar-refractivity contribution is -0.0496. The third-order valence-electron chi connectivity index (χ3n) is 6.10. The highest BCUT2D eigenvalue weighted by Crippen LogP contribution is 2.30. The molecule has 0 aromatic heterocycles. The summed E-state index contributed by atoms with van der Waals surface area (Å²) >= 11 is 0. The molecule has 2 heterocycles. The number of likely N-dealkylation sites (tertiary alicyclic amines) is 1. The predicted molar refractivity (Wildman–Crippen MR) is 107 cm³/mol. The van der Waals surface area contributed by atoms with Gasteiger partial charge >= 0.3 is 21.6 Å². The van der Waals surface area contributed by atoms with Crippen molar-refractivity contribution in [2.75, 3.05) is 26.2 Å². The van der Waals surface area contributed by atoms with Gasteiger partial charge in [0.2, 0.25) is 0 Å². The number of amides is 2. The van der Waals surface area contributed by atoms with Crippen molar-refractivity contribution in [2.24, 2.45) is 5.92 Å². The molecule has 1 unspecified atom stereocenters. The second kappa shape index (κ2) is 9.13. The molecule has 1 N–H and O–H groups in total. The van der Waals surface area contributed by atoms with Gasteiger partial charge in [-0.25, -0.2) is 13.2 Å². The molecule has 2 saturated heterocycles. The quantitative estimate of drug-likeness (QED) is 0.753. The summed E-state index contributed by atoms with van der Waals surface area (Å²) in [6.45, 7) is 2.72. The van der Waals surface area contributed by atoms with Gasteiger partial charge in [0.25, 0.3) is 0 Å². The highest BCUT2D eigenvalue weighted by atomic mass is 32.2. The lowest BCUT2D eigenvalue weighted by Gasteiger charge is -2.32. The first kappa shape index (κ1) is 22.9. The first-order chi connectivity index (χ1) is 14.1. The largest absolute Gasteiger partial charge is 0.511 e. The number of benzene rings is 1. The normalized spacial score (nSPS) is 21.7. The van der Waals surface area contributed by atoms with Crippen LogP contribution in [0.2, 0.25) is 0 Å². The number of carbonyl (C=O) groups excluding carboxylic acids is 1. The Balaban J connectivity index is 1.48. The summed E-state index contributed by atoms with van der Waals surface area (Å²) in [5.74, 6) is -0.0361. The molecule has 0 bridgehead atoms. The van der Waals surface area contributed by atoms with Gasteiger partial charge in [0, 0.05) is 32.2 Å². The molecule has 0 radical (unpaired) electrons. The third-order valence-corrected chi connectivity index (χ3v) is 7.73. The third kappa shape index (κ3) is 5.08. The molecule has 0 saturated carbocycles. The lowest BCUT2D eigenvalue weighted by Crippen LogP contribution is -2.48. The number of aryl methyl sites for hydroxylation is 1. The summed E-state index contributed by atoms with van der Waals surface area (Å²) in [6, 6.07) is 8.09. The van der Waals surface area contributed by atoms with E-state index in [1.807, 2.05) is 17.0 Å². The Morgan fingerprint density at radius 1 is 1.13 bits per heavy atom. The standard InChI is InChI=1S/C20H28F3N3O3S/c1-15-5-2-3-6-17(15)13-18-7-4-10-26(18)19(27)24-14-16-8-11-25(12-9-16)30(28,29)20(21,22)23/h2-3,5-6,16,18H,4,7-14H2,1H3,(H,24,27). The average Bonchev–Trinajstić information content (AvgIpc) is 3.15. The fourth-order valence-corrected chi connectivity index (χ4v) is 5.23. The molecule has 30 heavy (non-hydrogen) atoms. The van der Waals surface area contributed by atoms with Crippen molar-refractivity contribution < 1.29 is 26.4 Å². The van der Waals surface area contributed by atoms with Crippen LogP contribution < -0.4 is 5.32 Å². The number of sulfonamides is 1. The fraction of sp³-hybridized carbons (Fsp3) is 0.650. The molecule has 6 nitrogen and oxygen atoms in total. The summed E-state index contributed by atoms with van der Waals surface area (Å²) in [7, 11) is -5.27. The van der Waals surface area contributed by atoms with Crippen LogP contribution in [0.1, 0.15) is 36.8 Å². The Morgan fingerprint density at radius 3 is 2.43 bits per heavy atom. The van der Waals surface area contributed by atoms with Crippen molar-refractivity contribution in [1.29, 1.82) is 0 Å². The molecular formula is C20H28F3N3O3S. The Kier molecular flexibility index (Phi) is 6.96. The van der Waals surface area contributed by atoms with Crippen LogP contribution in [0.15, 0.2) is 24.3 Å². The maximum absolute atomic E-state index is 12.7. The Bertz CT molecular complexity index is 852. The fourth-order valence-electron chi connectivity index (χ4n) is 4.24. The first-order valence-corrected chi connectivity index (χ1v) is 11.7. The van der Waals surface area contributed by atoms with Gasteiger partial charge in [-0.05, 0) is 56.1 Å². The van der Waals surface area contributed by atoms with Crippen molar-refractivity contribution in [3.63, 3.8) is 0 Å². The second-order valence-corrected chi connectivity index (χ2v) is 10.0. The van der Waals surface area contributed by atoms with Crippen LogP contribution in [0.25, 0.3) is 0 Å². The number of urea groups is 1. The number of rotatable bonds is 5. The molecule has 1 atom stereocenters. The van der Waals surface area contributed by atoms with Gasteiger partial charge in [-0.1, -0.05) is 24.3 Å². The molecule has 1 aromatic rings. The summed E-state index contributed by atoms with van der Waals surface area (Å²) < 4.78 is 61.5. The molecule has 2 aliphatic heterocycles. The minimum absolute atomic E-state index is 0.0361. The molecule has 2 fully saturated rings. The molecule has 0 spiro atoms. The highest BCUT2D eigenvalue weighted by molar-refractivity contribution is 7.90. The molecule has 2 aliphatic rings. The van der Waals surface area contributed by atoms with E-state index in [1.54, 1.807) is 0 Å². The number of hydrogen-bond acceptors (Lipinski definition) is 3. The summed E-state index contributed by atoms with van der Waals surface area (Å²) in [6.07, 6.45) is 3.27. The van der Waals surface area contributed by atoms with Crippen LogP contribution in [-0.4, -0.2) is 61.4 Å². The molecule has 2 amide bonds. The van der Waals surface area contributed by atoms with Crippen LogP contribution in [0.5, 0.6) is 0 Å². The topological polar surface area (TPSA) is 69.7 Å². The summed E-state index contributed by atoms with van der Waals surface area (Å²) in [4.78, 5) is 14.5. The van der Waals surface area contributed by atoms with Crippen LogP contribution in [0.3, 0.4) is 0 Å². The predicted octanol–water partition coefficient (Wildman–Crippen LogP) is 3.27. The Labute approximate surface area is 175 Å². The minimum Gasteiger partial charge on any atom is -0.338 e. The van der Waals surface area contributed by atoms with Crippen LogP contribution in [-0.2, 0) is 16.4 Å². The number of piperidine rings is 1. The van der Waals surface area contributed by atoms with E-state index in [1.165, 1.54) is 11.1 Å². The van der Waals surface area contributed by atoms with E-state index >= 15 is 0 Å². The van der Waals surface area contributed by atoms with E-state index in [4.69, 9.17) is 0 Å². The highest BCUT2D eigenvalue weighted by Gasteiger charge is 2.50. The number of halogens is 3. The van der Waals surface area contributed by atoms with Crippen molar-refractivity contribution >= 4 is 16.1 Å². The van der Waals surface area contributed by atoms with Crippen LogP contribution in [0, 0.1) is 12.8 Å². The number of nitrogens with zero attached hydrogens (tertiary/aromatic N) is 2. The molecule has 1 aromatic carbocycles. The number of alkyl halides is 3. The Hall–Kier alpha value is -1.81. The van der Waals surface area contributed by atoms with Gasteiger partial charge in [-0.15, -0.1) is 0 Å². The smallest absolute Gasteiger partial charge is 0.338 e. The first-order valence-electron chi connectivity index (χ1n) is 10.2. The number of nitrogens with one attached hydrogen (secondary N) is 1. The van der Waals surface area contributed by atoms with Crippen molar-refractivity contribution in [3.05, 3.63) is 35.4 Å². The van der Waals surface area contributed by atoms with E-state index in [2.05, 4.69) is 24.4 Å². The van der Waals surface area contributed by atoms with E-state index in [0.29, 0.717) is 30.2 Å². The number of carbonyl (C=O) groups is 1. The van der Waals surface area contributed by atoms with Gasteiger partial charge in [0.1, 0.15) is 0 Å². The molecule has 10 heteroatoms. The minimum atomic E-state index is -5.27. The van der Waals surface area contributed by atoms with Gasteiger partial charge in [0.15, 0.2) is 0 Å². The Morgan fingerprint density at radius 2 is 1.80 bits per heavy atom. The van der Waals surface area contributed by atoms with Gasteiger partial charge in [0.05, 0.1) is 0 Å². The van der Waals surface area contributed by atoms with E-state index in [0.717, 1.165) is 19.3 Å². The molecular weight excluding hydrogens is 419 g/mol. The van der Waals surface area contributed by atoms with Crippen LogP contribution >= 0.6 is 0 Å². The number of hydrogen-bond donors (Lipinski definition) is 1. The summed E-state index contributed by atoms with van der Waals surface area (Å²) in [5.41, 5.74) is -2.85. The molecule has 3 rings (SSSR count). The maximum atomic E-state index is 12.7. The van der Waals surface area contributed by atoms with E-state index in [9.17, 15) is 26.4 Å². The molecule has 168 valence electrons. The average molecular weight is 448 g/mol. The van der Waals surface area contributed by atoms with Gasteiger partial charge < -0.3 is 10.2 Å². The summed E-state index contributed by atoms with van der Waals surface area (Å²) in [5, 5.41) is 2.91. The van der Waals surface area contributed by atoms with E-state index < -0.39 is 15.5 Å². The van der Waals surface area contributed by atoms with Crippen molar-refractivity contribution in [3.8, 4) is 0 Å². The van der Waals surface area contributed by atoms with Crippen molar-refractivity contribution in [1.82, 2.24) is 14.5 Å². The van der Waals surface area contributed by atoms with Gasteiger partial charge in [-0.3, -0.25) is 0 Å². The zero-order valence-corrected chi connectivity index (χ0v) is 17.8. The second-order valence-electron chi connectivity index (χ2n) is 8.10. The van der Waals surface area contributed by atoms with Crippen molar-refractivity contribution in [2.45, 2.75) is 50.6 Å². The van der Waals surface area contributed by atoms with E-state index in [-0.39, 0.29) is 31.1 Å². The maximum Gasteiger partial charge on any atom is 0.511 e. The zero-order chi connectivity index (χ0) is 21.9. The van der Waals surface area contributed by atoms with Crippen LogP contribution in [0.4, 0.5) is 18.0 Å². The monoisotopic (exact) mass is 447 g/mol. The SMILES string of the molecule is Cc1ccccc1CC1CCCN1C(=O)NCC1CCN(S(=O)(=O)C(F)(F)F)CC1. The van der Waals surface area contributed by atoms with Gasteiger partial charge in [-0.2, -0.15) is 17.5 Å².